The molecule has 0 spiro atoms. The Morgan fingerprint density at radius 3 is 2.55 bits per heavy atom. The molecule has 4 heteroatoms. The average molecular weight is 302 g/mol. The van der Waals surface area contributed by atoms with E-state index in [-0.39, 0.29) is 5.91 Å². The van der Waals surface area contributed by atoms with E-state index in [0.717, 1.165) is 17.0 Å². The molecule has 0 heterocycles. The van der Waals surface area contributed by atoms with Gasteiger partial charge in [-0.25, -0.2) is 0 Å². The summed E-state index contributed by atoms with van der Waals surface area (Å²) in [7, 11) is 0. The first-order chi connectivity index (χ1) is 10.6. The van der Waals surface area contributed by atoms with Crippen molar-refractivity contribution in [1.29, 1.82) is 0 Å². The number of anilines is 1. The Labute approximate surface area is 132 Å². The minimum atomic E-state index is 0.00109. The van der Waals surface area contributed by atoms with E-state index >= 15 is 0 Å². The number of amides is 1. The van der Waals surface area contributed by atoms with E-state index < -0.39 is 0 Å². The first-order valence-electron chi connectivity index (χ1n) is 8.04. The average Bonchev–Trinajstić information content (AvgIpc) is 2.53. The standard InChI is InChI=1S/C18H26N2O2/c1-14(2)13-22-17-10-8-16(9-11-17)20-18(21)12-19-15-6-4-3-5-7-15/h8-11,15,19H,1,3-7,12-13H2,2H3,(H,20,21). The van der Waals surface area contributed by atoms with Crippen molar-refractivity contribution in [2.24, 2.45) is 0 Å². The lowest BCUT2D eigenvalue weighted by Crippen LogP contribution is -2.37. The molecule has 1 aliphatic carbocycles. The van der Waals surface area contributed by atoms with Gasteiger partial charge in [0.25, 0.3) is 0 Å². The van der Waals surface area contributed by atoms with E-state index in [1.807, 2.05) is 31.2 Å². The van der Waals surface area contributed by atoms with Crippen LogP contribution in [0.3, 0.4) is 0 Å². The second kappa shape index (κ2) is 8.59. The quantitative estimate of drug-likeness (QED) is 0.758. The molecule has 0 aliphatic heterocycles. The zero-order chi connectivity index (χ0) is 15.8. The number of benzene rings is 1. The molecule has 22 heavy (non-hydrogen) atoms. The molecule has 1 aromatic rings. The fraction of sp³-hybridized carbons (Fsp3) is 0.500. The molecular formula is C18H26N2O2. The van der Waals surface area contributed by atoms with Gasteiger partial charge in [-0.05, 0) is 49.6 Å². The summed E-state index contributed by atoms with van der Waals surface area (Å²) >= 11 is 0. The predicted molar refractivity (Wildman–Crippen MR) is 90.3 cm³/mol. The van der Waals surface area contributed by atoms with Crippen molar-refractivity contribution in [1.82, 2.24) is 5.32 Å². The molecule has 1 fully saturated rings. The highest BCUT2D eigenvalue weighted by Crippen LogP contribution is 2.18. The minimum absolute atomic E-state index is 0.00109. The van der Waals surface area contributed by atoms with E-state index in [2.05, 4.69) is 17.2 Å². The summed E-state index contributed by atoms with van der Waals surface area (Å²) in [5.74, 6) is 0.780. The van der Waals surface area contributed by atoms with Crippen LogP contribution in [0.25, 0.3) is 0 Å². The van der Waals surface area contributed by atoms with E-state index in [0.29, 0.717) is 19.2 Å². The van der Waals surface area contributed by atoms with Crippen molar-refractivity contribution in [3.8, 4) is 5.75 Å². The maximum atomic E-state index is 11.9. The van der Waals surface area contributed by atoms with Crippen molar-refractivity contribution in [3.05, 3.63) is 36.4 Å². The largest absolute Gasteiger partial charge is 0.489 e. The van der Waals surface area contributed by atoms with Crippen LogP contribution in [0.5, 0.6) is 5.75 Å². The van der Waals surface area contributed by atoms with Crippen LogP contribution in [-0.2, 0) is 4.79 Å². The summed E-state index contributed by atoms with van der Waals surface area (Å²) in [5, 5.41) is 6.24. The predicted octanol–water partition coefficient (Wildman–Crippen LogP) is 3.50. The fourth-order valence-corrected chi connectivity index (χ4v) is 2.59. The number of carbonyl (C=O) groups excluding carboxylic acids is 1. The molecule has 120 valence electrons. The molecule has 0 atom stereocenters. The Morgan fingerprint density at radius 1 is 1.23 bits per heavy atom. The molecular weight excluding hydrogens is 276 g/mol. The molecule has 0 unspecified atom stereocenters. The van der Waals surface area contributed by atoms with Crippen LogP contribution in [-0.4, -0.2) is 25.1 Å². The van der Waals surface area contributed by atoms with Crippen LogP contribution >= 0.6 is 0 Å². The maximum Gasteiger partial charge on any atom is 0.238 e. The highest BCUT2D eigenvalue weighted by Gasteiger charge is 2.13. The normalized spacial score (nSPS) is 15.3. The minimum Gasteiger partial charge on any atom is -0.489 e. The smallest absolute Gasteiger partial charge is 0.238 e. The van der Waals surface area contributed by atoms with Gasteiger partial charge in [0.1, 0.15) is 12.4 Å². The Hall–Kier alpha value is -1.81. The van der Waals surface area contributed by atoms with Crippen LogP contribution in [0, 0.1) is 0 Å². The lowest BCUT2D eigenvalue weighted by molar-refractivity contribution is -0.115. The van der Waals surface area contributed by atoms with Crippen LogP contribution in [0.1, 0.15) is 39.0 Å². The number of hydrogen-bond acceptors (Lipinski definition) is 3. The SMILES string of the molecule is C=C(C)COc1ccc(NC(=O)CNC2CCCCC2)cc1. The topological polar surface area (TPSA) is 50.4 Å². The van der Waals surface area contributed by atoms with Gasteiger partial charge >= 0.3 is 0 Å². The number of hydrogen-bond donors (Lipinski definition) is 2. The summed E-state index contributed by atoms with van der Waals surface area (Å²) in [4.78, 5) is 11.9. The van der Waals surface area contributed by atoms with Gasteiger partial charge in [-0.3, -0.25) is 4.79 Å². The summed E-state index contributed by atoms with van der Waals surface area (Å²) in [6, 6.07) is 7.91. The zero-order valence-electron chi connectivity index (χ0n) is 13.4. The van der Waals surface area contributed by atoms with Crippen LogP contribution in [0.2, 0.25) is 0 Å². The number of rotatable bonds is 7. The van der Waals surface area contributed by atoms with Crippen molar-refractivity contribution in [3.63, 3.8) is 0 Å². The molecule has 2 rings (SSSR count). The Bertz CT molecular complexity index is 490. The molecule has 0 radical (unpaired) electrons. The first kappa shape index (κ1) is 16.6. The fourth-order valence-electron chi connectivity index (χ4n) is 2.59. The van der Waals surface area contributed by atoms with Gasteiger partial charge in [-0.15, -0.1) is 0 Å². The number of carbonyl (C=O) groups is 1. The summed E-state index contributed by atoms with van der Waals surface area (Å²) < 4.78 is 5.53. The summed E-state index contributed by atoms with van der Waals surface area (Å²) in [6.07, 6.45) is 6.23. The number of nitrogens with one attached hydrogen (secondary N) is 2. The van der Waals surface area contributed by atoms with E-state index in [1.54, 1.807) is 0 Å². The zero-order valence-corrected chi connectivity index (χ0v) is 13.4. The molecule has 2 N–H and O–H groups in total. The summed E-state index contributed by atoms with van der Waals surface area (Å²) in [5.41, 5.74) is 1.77. The molecule has 1 saturated carbocycles. The molecule has 1 aromatic carbocycles. The van der Waals surface area contributed by atoms with Crippen LogP contribution in [0.15, 0.2) is 36.4 Å². The first-order valence-corrected chi connectivity index (χ1v) is 8.04. The van der Waals surface area contributed by atoms with Gasteiger partial charge in [-0.1, -0.05) is 25.8 Å². The highest BCUT2D eigenvalue weighted by atomic mass is 16.5. The molecule has 1 aliphatic rings. The third-order valence-electron chi connectivity index (χ3n) is 3.78. The second-order valence-electron chi connectivity index (χ2n) is 6.03. The molecule has 4 nitrogen and oxygen atoms in total. The van der Waals surface area contributed by atoms with E-state index in [4.69, 9.17) is 4.74 Å². The maximum absolute atomic E-state index is 11.9. The van der Waals surface area contributed by atoms with E-state index in [1.165, 1.54) is 32.1 Å². The van der Waals surface area contributed by atoms with Crippen molar-refractivity contribution in [2.45, 2.75) is 45.1 Å². The van der Waals surface area contributed by atoms with Gasteiger partial charge in [0, 0.05) is 11.7 Å². The molecule has 0 bridgehead atoms. The van der Waals surface area contributed by atoms with Gasteiger partial charge < -0.3 is 15.4 Å². The monoisotopic (exact) mass is 302 g/mol. The Morgan fingerprint density at radius 2 is 1.91 bits per heavy atom. The van der Waals surface area contributed by atoms with Crippen molar-refractivity contribution in [2.75, 3.05) is 18.5 Å². The highest BCUT2D eigenvalue weighted by molar-refractivity contribution is 5.92. The van der Waals surface area contributed by atoms with Gasteiger partial charge in [0.15, 0.2) is 0 Å². The Kier molecular flexibility index (Phi) is 6.46. The Balaban J connectivity index is 1.72. The summed E-state index contributed by atoms with van der Waals surface area (Å²) in [6.45, 7) is 6.61. The van der Waals surface area contributed by atoms with Crippen LogP contribution in [0.4, 0.5) is 5.69 Å². The second-order valence-corrected chi connectivity index (χ2v) is 6.03. The molecule has 0 aromatic heterocycles. The van der Waals surface area contributed by atoms with Crippen molar-refractivity contribution < 1.29 is 9.53 Å². The lowest BCUT2D eigenvalue weighted by Gasteiger charge is -2.22. The lowest BCUT2D eigenvalue weighted by atomic mass is 9.95. The number of ether oxygens (including phenoxy) is 1. The van der Waals surface area contributed by atoms with Crippen molar-refractivity contribution >= 4 is 11.6 Å². The third kappa shape index (κ3) is 5.90. The van der Waals surface area contributed by atoms with Crippen LogP contribution < -0.4 is 15.4 Å². The third-order valence-corrected chi connectivity index (χ3v) is 3.78. The van der Waals surface area contributed by atoms with E-state index in [9.17, 15) is 4.79 Å². The molecule has 0 saturated heterocycles. The van der Waals surface area contributed by atoms with Gasteiger partial charge in [0.2, 0.25) is 5.91 Å². The van der Waals surface area contributed by atoms with Gasteiger partial charge in [0.05, 0.1) is 6.54 Å². The van der Waals surface area contributed by atoms with Gasteiger partial charge in [-0.2, -0.15) is 0 Å². The molecule has 1 amide bonds.